The number of carbonyl (C=O) groups is 1. The minimum Gasteiger partial charge on any atom is -0.469 e. The van der Waals surface area contributed by atoms with E-state index in [2.05, 4.69) is 5.32 Å². The van der Waals surface area contributed by atoms with Crippen molar-refractivity contribution in [3.8, 4) is 0 Å². The molecular formula is C13H20N2O2. The van der Waals surface area contributed by atoms with Crippen LogP contribution in [0.2, 0.25) is 0 Å². The van der Waals surface area contributed by atoms with E-state index in [1.807, 2.05) is 18.9 Å². The Hall–Kier alpha value is -1.29. The zero-order valence-electron chi connectivity index (χ0n) is 10.5. The van der Waals surface area contributed by atoms with Crippen LogP contribution in [0.4, 0.5) is 0 Å². The third-order valence-electron chi connectivity index (χ3n) is 3.37. The maximum absolute atomic E-state index is 12.4. The second-order valence-electron chi connectivity index (χ2n) is 4.46. The third kappa shape index (κ3) is 2.36. The molecule has 4 heteroatoms. The predicted molar refractivity (Wildman–Crippen MR) is 66.1 cm³/mol. The van der Waals surface area contributed by atoms with Gasteiger partial charge in [-0.15, -0.1) is 0 Å². The largest absolute Gasteiger partial charge is 0.469 e. The Balaban J connectivity index is 2.14. The smallest absolute Gasteiger partial charge is 0.257 e. The summed E-state index contributed by atoms with van der Waals surface area (Å²) in [4.78, 5) is 14.4. The van der Waals surface area contributed by atoms with E-state index in [4.69, 9.17) is 4.42 Å². The van der Waals surface area contributed by atoms with Crippen molar-refractivity contribution in [3.63, 3.8) is 0 Å². The fourth-order valence-corrected chi connectivity index (χ4v) is 2.51. The topological polar surface area (TPSA) is 45.5 Å². The quantitative estimate of drug-likeness (QED) is 0.865. The van der Waals surface area contributed by atoms with Gasteiger partial charge >= 0.3 is 0 Å². The van der Waals surface area contributed by atoms with E-state index in [0.29, 0.717) is 6.04 Å². The van der Waals surface area contributed by atoms with Gasteiger partial charge in [0.25, 0.3) is 5.91 Å². The molecule has 0 bridgehead atoms. The van der Waals surface area contributed by atoms with Crippen molar-refractivity contribution in [2.45, 2.75) is 32.2 Å². The van der Waals surface area contributed by atoms with E-state index in [1.165, 1.54) is 0 Å². The Bertz CT molecular complexity index is 387. The number of likely N-dealkylation sites (tertiary alicyclic amines) is 1. The molecule has 0 radical (unpaired) electrons. The highest BCUT2D eigenvalue weighted by atomic mass is 16.3. The molecule has 1 N–H and O–H groups in total. The molecule has 1 atom stereocenters. The molecular weight excluding hydrogens is 216 g/mol. The summed E-state index contributed by atoms with van der Waals surface area (Å²) in [6.07, 6.45) is 4.55. The first kappa shape index (κ1) is 12.2. The number of furan rings is 1. The Morgan fingerprint density at radius 1 is 1.65 bits per heavy atom. The fraction of sp³-hybridized carbons (Fsp3) is 0.615. The van der Waals surface area contributed by atoms with Gasteiger partial charge in [0.2, 0.25) is 0 Å². The third-order valence-corrected chi connectivity index (χ3v) is 3.37. The highest BCUT2D eigenvalue weighted by Crippen LogP contribution is 2.22. The maximum Gasteiger partial charge on any atom is 0.257 e. The van der Waals surface area contributed by atoms with Crippen LogP contribution in [-0.2, 0) is 6.42 Å². The van der Waals surface area contributed by atoms with Gasteiger partial charge in [-0.1, -0.05) is 6.92 Å². The van der Waals surface area contributed by atoms with Crippen LogP contribution in [0, 0.1) is 0 Å². The van der Waals surface area contributed by atoms with E-state index in [1.54, 1.807) is 12.3 Å². The SMILES string of the molecule is CCc1occc1C(=O)N1CCCC1CNC. The van der Waals surface area contributed by atoms with Crippen LogP contribution >= 0.6 is 0 Å². The highest BCUT2D eigenvalue weighted by Gasteiger charge is 2.30. The summed E-state index contributed by atoms with van der Waals surface area (Å²) in [5.74, 6) is 0.915. The molecule has 17 heavy (non-hydrogen) atoms. The van der Waals surface area contributed by atoms with Gasteiger partial charge in [0, 0.05) is 25.6 Å². The van der Waals surface area contributed by atoms with Crippen molar-refractivity contribution < 1.29 is 9.21 Å². The average molecular weight is 236 g/mol. The Kier molecular flexibility index (Phi) is 3.84. The summed E-state index contributed by atoms with van der Waals surface area (Å²) in [6.45, 7) is 3.73. The van der Waals surface area contributed by atoms with Crippen LogP contribution < -0.4 is 5.32 Å². The van der Waals surface area contributed by atoms with E-state index in [-0.39, 0.29) is 5.91 Å². The summed E-state index contributed by atoms with van der Waals surface area (Å²) >= 11 is 0. The first-order valence-corrected chi connectivity index (χ1v) is 6.29. The van der Waals surface area contributed by atoms with Crippen molar-refractivity contribution >= 4 is 5.91 Å². The van der Waals surface area contributed by atoms with E-state index in [0.717, 1.165) is 43.7 Å². The van der Waals surface area contributed by atoms with Crippen molar-refractivity contribution in [1.82, 2.24) is 10.2 Å². The van der Waals surface area contributed by atoms with E-state index in [9.17, 15) is 4.79 Å². The van der Waals surface area contributed by atoms with Crippen molar-refractivity contribution in [1.29, 1.82) is 0 Å². The normalized spacial score (nSPS) is 19.9. The molecule has 1 aromatic heterocycles. The van der Waals surface area contributed by atoms with E-state index >= 15 is 0 Å². The van der Waals surface area contributed by atoms with Gasteiger partial charge in [-0.3, -0.25) is 4.79 Å². The minimum absolute atomic E-state index is 0.119. The lowest BCUT2D eigenvalue weighted by Gasteiger charge is -2.24. The van der Waals surface area contributed by atoms with Crippen molar-refractivity contribution in [2.24, 2.45) is 0 Å². The zero-order valence-corrected chi connectivity index (χ0v) is 10.5. The number of likely N-dealkylation sites (N-methyl/N-ethyl adjacent to an activating group) is 1. The van der Waals surface area contributed by atoms with Gasteiger partial charge in [0.1, 0.15) is 5.76 Å². The Morgan fingerprint density at radius 2 is 2.47 bits per heavy atom. The maximum atomic E-state index is 12.4. The first-order chi connectivity index (χ1) is 8.27. The minimum atomic E-state index is 0.119. The first-order valence-electron chi connectivity index (χ1n) is 6.29. The molecule has 0 aromatic carbocycles. The second-order valence-corrected chi connectivity index (χ2v) is 4.46. The number of aryl methyl sites for hydroxylation is 1. The van der Waals surface area contributed by atoms with Crippen LogP contribution in [0.25, 0.3) is 0 Å². The molecule has 1 fully saturated rings. The molecule has 1 aliphatic heterocycles. The predicted octanol–water partition coefficient (Wildman–Crippen LogP) is 1.67. The van der Waals surface area contributed by atoms with Gasteiger partial charge < -0.3 is 14.6 Å². The second kappa shape index (κ2) is 5.36. The lowest BCUT2D eigenvalue weighted by molar-refractivity contribution is 0.0735. The average Bonchev–Trinajstić information content (AvgIpc) is 2.96. The highest BCUT2D eigenvalue weighted by molar-refractivity contribution is 5.95. The lowest BCUT2D eigenvalue weighted by atomic mass is 10.1. The van der Waals surface area contributed by atoms with Crippen LogP contribution in [0.5, 0.6) is 0 Å². The molecule has 4 nitrogen and oxygen atoms in total. The molecule has 0 spiro atoms. The summed E-state index contributed by atoms with van der Waals surface area (Å²) in [6, 6.07) is 2.11. The lowest BCUT2D eigenvalue weighted by Crippen LogP contribution is -2.40. The monoisotopic (exact) mass is 236 g/mol. The summed E-state index contributed by atoms with van der Waals surface area (Å²) < 4.78 is 5.33. The fourth-order valence-electron chi connectivity index (χ4n) is 2.51. The van der Waals surface area contributed by atoms with Crippen LogP contribution in [0.3, 0.4) is 0 Å². The van der Waals surface area contributed by atoms with Gasteiger partial charge in [0.05, 0.1) is 11.8 Å². The number of hydrogen-bond donors (Lipinski definition) is 1. The molecule has 2 rings (SSSR count). The number of hydrogen-bond acceptors (Lipinski definition) is 3. The van der Waals surface area contributed by atoms with Crippen molar-refractivity contribution in [3.05, 3.63) is 23.7 Å². The summed E-state index contributed by atoms with van der Waals surface area (Å²) in [7, 11) is 1.93. The zero-order chi connectivity index (χ0) is 12.3. The summed E-state index contributed by atoms with van der Waals surface area (Å²) in [5, 5.41) is 3.15. The molecule has 0 aliphatic carbocycles. The van der Waals surface area contributed by atoms with Gasteiger partial charge in [-0.25, -0.2) is 0 Å². The van der Waals surface area contributed by atoms with E-state index < -0.39 is 0 Å². The number of rotatable bonds is 4. The van der Waals surface area contributed by atoms with Crippen LogP contribution in [0.15, 0.2) is 16.7 Å². The number of carbonyl (C=O) groups excluding carboxylic acids is 1. The molecule has 1 unspecified atom stereocenters. The molecule has 0 saturated carbocycles. The molecule has 94 valence electrons. The van der Waals surface area contributed by atoms with Gasteiger partial charge in [-0.05, 0) is 26.0 Å². The number of amides is 1. The van der Waals surface area contributed by atoms with Gasteiger partial charge in [0.15, 0.2) is 0 Å². The Labute approximate surface area is 102 Å². The van der Waals surface area contributed by atoms with Crippen LogP contribution in [0.1, 0.15) is 35.9 Å². The molecule has 1 aliphatic rings. The molecule has 2 heterocycles. The van der Waals surface area contributed by atoms with Crippen LogP contribution in [-0.4, -0.2) is 37.0 Å². The molecule has 1 saturated heterocycles. The summed E-state index contributed by atoms with van der Waals surface area (Å²) in [5.41, 5.74) is 0.732. The molecule has 1 amide bonds. The van der Waals surface area contributed by atoms with Gasteiger partial charge in [-0.2, -0.15) is 0 Å². The Morgan fingerprint density at radius 3 is 3.18 bits per heavy atom. The standard InChI is InChI=1S/C13H20N2O2/c1-3-12-11(6-8-17-12)13(16)15-7-4-5-10(15)9-14-2/h6,8,10,14H,3-5,7,9H2,1-2H3. The van der Waals surface area contributed by atoms with Crippen molar-refractivity contribution in [2.75, 3.05) is 20.1 Å². The molecule has 1 aromatic rings. The number of nitrogens with zero attached hydrogens (tertiary/aromatic N) is 1. The number of nitrogens with one attached hydrogen (secondary N) is 1.